The van der Waals surface area contributed by atoms with Crippen molar-refractivity contribution in [1.29, 1.82) is 0 Å². The molecule has 0 saturated carbocycles. The predicted molar refractivity (Wildman–Crippen MR) is 82.4 cm³/mol. The molecule has 112 valence electrons. The zero-order chi connectivity index (χ0) is 14.6. The highest BCUT2D eigenvalue weighted by atomic mass is 32.2. The highest BCUT2D eigenvalue weighted by Gasteiger charge is 2.29. The van der Waals surface area contributed by atoms with E-state index in [4.69, 9.17) is 0 Å². The molecule has 1 N–H and O–H groups in total. The highest BCUT2D eigenvalue weighted by Crippen LogP contribution is 2.25. The van der Waals surface area contributed by atoms with Crippen LogP contribution < -0.4 is 5.32 Å². The fourth-order valence-electron chi connectivity index (χ4n) is 2.69. The van der Waals surface area contributed by atoms with Crippen molar-refractivity contribution in [1.82, 2.24) is 4.31 Å². The third kappa shape index (κ3) is 3.33. The molecule has 0 bridgehead atoms. The molecule has 1 aliphatic rings. The largest absolute Gasteiger partial charge is 0.385 e. The summed E-state index contributed by atoms with van der Waals surface area (Å²) < 4.78 is 27.1. The molecule has 4 nitrogen and oxygen atoms in total. The Bertz CT molecular complexity index is 525. The first kappa shape index (κ1) is 15.3. The number of nitrogens with zero attached hydrogens (tertiary/aromatic N) is 1. The third-order valence-electron chi connectivity index (χ3n) is 3.83. The molecule has 2 rings (SSSR count). The van der Waals surface area contributed by atoms with Gasteiger partial charge in [-0.3, -0.25) is 0 Å². The maximum atomic E-state index is 12.7. The predicted octanol–water partition coefficient (Wildman–Crippen LogP) is 3.07. The van der Waals surface area contributed by atoms with E-state index in [1.54, 1.807) is 16.4 Å². The molecule has 0 spiro atoms. The molecule has 1 aromatic carbocycles. The Morgan fingerprint density at radius 2 is 1.90 bits per heavy atom. The molecule has 0 aromatic heterocycles. The van der Waals surface area contributed by atoms with Crippen LogP contribution in [0.3, 0.4) is 0 Å². The van der Waals surface area contributed by atoms with E-state index in [1.807, 2.05) is 26.0 Å². The first-order valence-corrected chi connectivity index (χ1v) is 8.85. The molecule has 0 aliphatic carbocycles. The standard InChI is InChI=1S/C15H24N2O2S/c1-3-16-14-8-10-15(11-9-14)20(18,19)17-12-6-4-5-7-13(17)2/h8-11,13,16H,3-7,12H2,1-2H3. The van der Waals surface area contributed by atoms with E-state index in [0.717, 1.165) is 37.9 Å². The van der Waals surface area contributed by atoms with Gasteiger partial charge >= 0.3 is 0 Å². The van der Waals surface area contributed by atoms with Crippen molar-refractivity contribution >= 4 is 15.7 Å². The lowest BCUT2D eigenvalue weighted by Gasteiger charge is -2.26. The summed E-state index contributed by atoms with van der Waals surface area (Å²) >= 11 is 0. The van der Waals surface area contributed by atoms with Crippen LogP contribution in [0, 0.1) is 0 Å². The first-order chi connectivity index (χ1) is 9.55. The molecule has 1 aliphatic heterocycles. The van der Waals surface area contributed by atoms with Crippen molar-refractivity contribution in [2.75, 3.05) is 18.4 Å². The van der Waals surface area contributed by atoms with Crippen LogP contribution in [-0.2, 0) is 10.0 Å². The second-order valence-electron chi connectivity index (χ2n) is 5.37. The average Bonchev–Trinajstić information content (AvgIpc) is 2.65. The first-order valence-electron chi connectivity index (χ1n) is 7.41. The van der Waals surface area contributed by atoms with Crippen molar-refractivity contribution in [3.63, 3.8) is 0 Å². The van der Waals surface area contributed by atoms with E-state index >= 15 is 0 Å². The number of nitrogens with one attached hydrogen (secondary N) is 1. The van der Waals surface area contributed by atoms with Crippen LogP contribution in [0.15, 0.2) is 29.2 Å². The van der Waals surface area contributed by atoms with Gasteiger partial charge in [0.05, 0.1) is 4.90 Å². The van der Waals surface area contributed by atoms with Gasteiger partial charge in [-0.25, -0.2) is 8.42 Å². The number of rotatable bonds is 4. The van der Waals surface area contributed by atoms with Gasteiger partial charge in [-0.15, -0.1) is 0 Å². The Hall–Kier alpha value is -1.07. The Kier molecular flexibility index (Phi) is 5.05. The Morgan fingerprint density at radius 1 is 1.20 bits per heavy atom. The van der Waals surface area contributed by atoms with Crippen LogP contribution in [0.1, 0.15) is 39.5 Å². The Labute approximate surface area is 122 Å². The van der Waals surface area contributed by atoms with Crippen LogP contribution in [-0.4, -0.2) is 31.9 Å². The number of hydrogen-bond donors (Lipinski definition) is 1. The summed E-state index contributed by atoms with van der Waals surface area (Å²) in [7, 11) is -3.36. The van der Waals surface area contributed by atoms with Gasteiger partial charge < -0.3 is 5.32 Å². The smallest absolute Gasteiger partial charge is 0.243 e. The van der Waals surface area contributed by atoms with Gasteiger partial charge in [-0.2, -0.15) is 4.31 Å². The monoisotopic (exact) mass is 296 g/mol. The van der Waals surface area contributed by atoms with Gasteiger partial charge in [0.25, 0.3) is 0 Å². The van der Waals surface area contributed by atoms with Crippen molar-refractivity contribution in [3.8, 4) is 0 Å². The summed E-state index contributed by atoms with van der Waals surface area (Å²) in [5.74, 6) is 0. The van der Waals surface area contributed by atoms with Crippen LogP contribution >= 0.6 is 0 Å². The molecule has 20 heavy (non-hydrogen) atoms. The van der Waals surface area contributed by atoms with Crippen LogP contribution in [0.2, 0.25) is 0 Å². The number of hydrogen-bond acceptors (Lipinski definition) is 3. The Morgan fingerprint density at radius 3 is 2.55 bits per heavy atom. The van der Waals surface area contributed by atoms with Crippen molar-refractivity contribution < 1.29 is 8.42 Å². The van der Waals surface area contributed by atoms with Crippen molar-refractivity contribution in [3.05, 3.63) is 24.3 Å². The summed E-state index contributed by atoms with van der Waals surface area (Å²) in [6.07, 6.45) is 4.15. The van der Waals surface area contributed by atoms with E-state index in [9.17, 15) is 8.42 Å². The third-order valence-corrected chi connectivity index (χ3v) is 5.86. The SMILES string of the molecule is CCNc1ccc(S(=O)(=O)N2CCCCCC2C)cc1. The van der Waals surface area contributed by atoms with Crippen LogP contribution in [0.5, 0.6) is 0 Å². The van der Waals surface area contributed by atoms with E-state index in [1.165, 1.54) is 0 Å². The summed E-state index contributed by atoms with van der Waals surface area (Å²) in [5.41, 5.74) is 0.954. The molecule has 1 atom stereocenters. The summed E-state index contributed by atoms with van der Waals surface area (Å²) in [6.45, 7) is 5.49. The number of anilines is 1. The quantitative estimate of drug-likeness (QED) is 0.929. The summed E-state index contributed by atoms with van der Waals surface area (Å²) in [6, 6.07) is 7.16. The summed E-state index contributed by atoms with van der Waals surface area (Å²) in [4.78, 5) is 0.396. The fraction of sp³-hybridized carbons (Fsp3) is 0.600. The fourth-order valence-corrected chi connectivity index (χ4v) is 4.39. The zero-order valence-corrected chi connectivity index (χ0v) is 13.1. The lowest BCUT2D eigenvalue weighted by Crippen LogP contribution is -2.38. The van der Waals surface area contributed by atoms with Gasteiger partial charge in [0, 0.05) is 24.8 Å². The normalized spacial score (nSPS) is 21.4. The maximum absolute atomic E-state index is 12.7. The molecule has 0 radical (unpaired) electrons. The molecular formula is C15H24N2O2S. The van der Waals surface area contributed by atoms with Gasteiger partial charge in [0.2, 0.25) is 10.0 Å². The van der Waals surface area contributed by atoms with E-state index in [2.05, 4.69) is 5.32 Å². The molecule has 1 unspecified atom stereocenters. The van der Waals surface area contributed by atoms with E-state index in [0.29, 0.717) is 11.4 Å². The Balaban J connectivity index is 2.24. The lowest BCUT2D eigenvalue weighted by atomic mass is 10.1. The van der Waals surface area contributed by atoms with Crippen molar-refractivity contribution in [2.45, 2.75) is 50.5 Å². The number of sulfonamides is 1. The number of benzene rings is 1. The van der Waals surface area contributed by atoms with Gasteiger partial charge in [-0.05, 0) is 51.0 Å². The zero-order valence-electron chi connectivity index (χ0n) is 12.3. The average molecular weight is 296 g/mol. The van der Waals surface area contributed by atoms with Crippen molar-refractivity contribution in [2.24, 2.45) is 0 Å². The molecule has 1 heterocycles. The van der Waals surface area contributed by atoms with E-state index in [-0.39, 0.29) is 6.04 Å². The topological polar surface area (TPSA) is 49.4 Å². The highest BCUT2D eigenvalue weighted by molar-refractivity contribution is 7.89. The second kappa shape index (κ2) is 6.59. The van der Waals surface area contributed by atoms with Gasteiger partial charge in [-0.1, -0.05) is 12.8 Å². The maximum Gasteiger partial charge on any atom is 0.243 e. The molecule has 1 saturated heterocycles. The minimum absolute atomic E-state index is 0.0935. The second-order valence-corrected chi connectivity index (χ2v) is 7.26. The molecule has 1 fully saturated rings. The molecule has 0 amide bonds. The minimum atomic E-state index is -3.36. The molecule has 5 heteroatoms. The van der Waals surface area contributed by atoms with Gasteiger partial charge in [0.1, 0.15) is 0 Å². The minimum Gasteiger partial charge on any atom is -0.385 e. The lowest BCUT2D eigenvalue weighted by molar-refractivity contribution is 0.342. The van der Waals surface area contributed by atoms with Gasteiger partial charge in [0.15, 0.2) is 0 Å². The van der Waals surface area contributed by atoms with Crippen LogP contribution in [0.25, 0.3) is 0 Å². The van der Waals surface area contributed by atoms with Crippen LogP contribution in [0.4, 0.5) is 5.69 Å². The molecular weight excluding hydrogens is 272 g/mol. The summed E-state index contributed by atoms with van der Waals surface area (Å²) in [5, 5.41) is 3.18. The molecule has 1 aromatic rings. The van der Waals surface area contributed by atoms with E-state index < -0.39 is 10.0 Å².